The van der Waals surface area contributed by atoms with Crippen molar-refractivity contribution in [3.05, 3.63) is 53.8 Å². The topological polar surface area (TPSA) is 9.23 Å². The van der Waals surface area contributed by atoms with Crippen LogP contribution >= 0.6 is 0 Å². The third kappa shape index (κ3) is 4.35. The molecule has 0 bridgehead atoms. The molecule has 0 aliphatic rings. The third-order valence-electron chi connectivity index (χ3n) is 2.18. The molecule has 0 amide bonds. The maximum absolute atomic E-state index is 5.79. The van der Waals surface area contributed by atoms with Gasteiger partial charge in [-0.1, -0.05) is 37.6 Å². The molecule has 0 heterocycles. The first-order valence-electron chi connectivity index (χ1n) is 5.87. The molecule has 0 unspecified atom stereocenters. The Balaban J connectivity index is 2.72. The van der Waals surface area contributed by atoms with E-state index in [1.54, 1.807) is 0 Å². The first-order valence-corrected chi connectivity index (χ1v) is 5.87. The fourth-order valence-corrected chi connectivity index (χ4v) is 1.32. The minimum atomic E-state index is 0.894. The normalized spacial score (nSPS) is 12.1. The Morgan fingerprint density at radius 1 is 1.12 bits per heavy atom. The van der Waals surface area contributed by atoms with Gasteiger partial charge in [-0.15, -0.1) is 0 Å². The quantitative estimate of drug-likeness (QED) is 0.515. The summed E-state index contributed by atoms with van der Waals surface area (Å²) in [6, 6.07) is 8.11. The van der Waals surface area contributed by atoms with E-state index in [1.807, 2.05) is 18.2 Å². The maximum atomic E-state index is 5.79. The van der Waals surface area contributed by atoms with E-state index < -0.39 is 0 Å². The van der Waals surface area contributed by atoms with Crippen LogP contribution in [0.25, 0.3) is 0 Å². The summed E-state index contributed by atoms with van der Waals surface area (Å²) in [7, 11) is 0. The molecule has 0 saturated heterocycles. The van der Waals surface area contributed by atoms with Crippen molar-refractivity contribution in [2.45, 2.75) is 33.6 Å². The Bertz CT molecular complexity index is 358. The van der Waals surface area contributed by atoms with Crippen molar-refractivity contribution in [1.29, 1.82) is 0 Å². The second kappa shape index (κ2) is 6.89. The van der Waals surface area contributed by atoms with Crippen LogP contribution in [0.4, 0.5) is 0 Å². The molecule has 0 radical (unpaired) electrons. The van der Waals surface area contributed by atoms with E-state index in [1.165, 1.54) is 5.56 Å². The molecule has 0 saturated carbocycles. The van der Waals surface area contributed by atoms with E-state index in [0.717, 1.165) is 24.4 Å². The van der Waals surface area contributed by atoms with E-state index >= 15 is 0 Å². The van der Waals surface area contributed by atoms with Crippen LogP contribution in [0, 0.1) is 6.92 Å². The van der Waals surface area contributed by atoms with Crippen LogP contribution in [-0.2, 0) is 0 Å². The first-order chi connectivity index (χ1) is 7.76. The molecular formula is C15H20O. The van der Waals surface area contributed by atoms with Crippen LogP contribution in [0.1, 0.15) is 32.3 Å². The molecule has 1 aromatic rings. The molecule has 1 aromatic carbocycles. The van der Waals surface area contributed by atoms with Crippen molar-refractivity contribution in [2.24, 2.45) is 0 Å². The number of hydrogen-bond acceptors (Lipinski definition) is 1. The zero-order valence-corrected chi connectivity index (χ0v) is 10.4. The zero-order chi connectivity index (χ0) is 11.8. The highest BCUT2D eigenvalue weighted by molar-refractivity contribution is 5.29. The molecule has 0 spiro atoms. The maximum Gasteiger partial charge on any atom is 0.127 e. The fraction of sp³-hybridized carbons (Fsp3) is 0.333. The van der Waals surface area contributed by atoms with Gasteiger partial charge in [0.1, 0.15) is 11.5 Å². The molecule has 1 heteroatoms. The van der Waals surface area contributed by atoms with E-state index in [-0.39, 0.29) is 0 Å². The van der Waals surface area contributed by atoms with Gasteiger partial charge in [0.2, 0.25) is 0 Å². The summed E-state index contributed by atoms with van der Waals surface area (Å²) in [6.45, 7) is 6.30. The zero-order valence-electron chi connectivity index (χ0n) is 10.4. The van der Waals surface area contributed by atoms with Crippen LogP contribution in [0.2, 0.25) is 0 Å². The van der Waals surface area contributed by atoms with Crippen molar-refractivity contribution in [2.75, 3.05) is 0 Å². The van der Waals surface area contributed by atoms with Crippen LogP contribution in [-0.4, -0.2) is 0 Å². The van der Waals surface area contributed by atoms with Crippen molar-refractivity contribution < 1.29 is 4.74 Å². The second-order valence-corrected chi connectivity index (χ2v) is 3.74. The molecule has 0 atom stereocenters. The second-order valence-electron chi connectivity index (χ2n) is 3.74. The smallest absolute Gasteiger partial charge is 0.127 e. The number of rotatable bonds is 5. The van der Waals surface area contributed by atoms with Gasteiger partial charge in [-0.3, -0.25) is 0 Å². The number of allylic oxidation sites excluding steroid dienone is 3. The molecule has 1 rings (SSSR count). The van der Waals surface area contributed by atoms with Gasteiger partial charge in [-0.05, 0) is 44.1 Å². The first kappa shape index (κ1) is 12.6. The lowest BCUT2D eigenvalue weighted by molar-refractivity contribution is 0.441. The van der Waals surface area contributed by atoms with Crippen molar-refractivity contribution in [3.8, 4) is 5.75 Å². The summed E-state index contributed by atoms with van der Waals surface area (Å²) < 4.78 is 5.79. The standard InChI is InChI=1S/C15H20O/c1-4-6-8-14(7-5-2)16-15-11-9-13(3)10-12-15/h6-12H,4-5H2,1-3H3/b8-6-,14-7+. The SMILES string of the molecule is CC/C=C\C(=C/CC)Oc1ccc(C)cc1. The highest BCUT2D eigenvalue weighted by Crippen LogP contribution is 2.15. The van der Waals surface area contributed by atoms with Gasteiger partial charge in [-0.2, -0.15) is 0 Å². The lowest BCUT2D eigenvalue weighted by Gasteiger charge is -2.06. The van der Waals surface area contributed by atoms with Crippen molar-refractivity contribution in [3.63, 3.8) is 0 Å². The molecule has 0 aliphatic heterocycles. The van der Waals surface area contributed by atoms with Crippen LogP contribution in [0.3, 0.4) is 0 Å². The van der Waals surface area contributed by atoms with Crippen LogP contribution < -0.4 is 4.74 Å². The summed E-state index contributed by atoms with van der Waals surface area (Å²) >= 11 is 0. The highest BCUT2D eigenvalue weighted by Gasteiger charge is 1.96. The Kier molecular flexibility index (Phi) is 5.41. The van der Waals surface area contributed by atoms with Crippen LogP contribution in [0.5, 0.6) is 5.75 Å². The number of benzene rings is 1. The largest absolute Gasteiger partial charge is 0.458 e. The number of aryl methyl sites for hydroxylation is 1. The van der Waals surface area contributed by atoms with Gasteiger partial charge in [0.25, 0.3) is 0 Å². The van der Waals surface area contributed by atoms with E-state index in [4.69, 9.17) is 4.74 Å². The van der Waals surface area contributed by atoms with Crippen molar-refractivity contribution >= 4 is 0 Å². The van der Waals surface area contributed by atoms with Crippen molar-refractivity contribution in [1.82, 2.24) is 0 Å². The Morgan fingerprint density at radius 3 is 2.38 bits per heavy atom. The predicted octanol–water partition coefficient (Wildman–Crippen LogP) is 4.63. The highest BCUT2D eigenvalue weighted by atomic mass is 16.5. The predicted molar refractivity (Wildman–Crippen MR) is 69.6 cm³/mol. The van der Waals surface area contributed by atoms with Gasteiger partial charge in [0, 0.05) is 0 Å². The van der Waals surface area contributed by atoms with Gasteiger partial charge in [-0.25, -0.2) is 0 Å². The molecular weight excluding hydrogens is 196 g/mol. The summed E-state index contributed by atoms with van der Waals surface area (Å²) in [5.41, 5.74) is 1.25. The van der Waals surface area contributed by atoms with Gasteiger partial charge in [0.15, 0.2) is 0 Å². The minimum Gasteiger partial charge on any atom is -0.458 e. The van der Waals surface area contributed by atoms with Gasteiger partial charge < -0.3 is 4.74 Å². The van der Waals surface area contributed by atoms with E-state index in [9.17, 15) is 0 Å². The summed E-state index contributed by atoms with van der Waals surface area (Å²) in [6.07, 6.45) is 8.23. The average Bonchev–Trinajstić information content (AvgIpc) is 2.29. The molecule has 0 aliphatic carbocycles. The van der Waals surface area contributed by atoms with Crippen LogP contribution in [0.15, 0.2) is 48.3 Å². The third-order valence-corrected chi connectivity index (χ3v) is 2.18. The Hall–Kier alpha value is -1.50. The molecule has 16 heavy (non-hydrogen) atoms. The summed E-state index contributed by atoms with van der Waals surface area (Å²) in [5, 5.41) is 0. The fourth-order valence-electron chi connectivity index (χ4n) is 1.32. The van der Waals surface area contributed by atoms with E-state index in [2.05, 4.69) is 45.1 Å². The molecule has 1 nitrogen and oxygen atoms in total. The lowest BCUT2D eigenvalue weighted by Crippen LogP contribution is -1.92. The molecule has 0 N–H and O–H groups in total. The Labute approximate surface area is 98.5 Å². The summed E-state index contributed by atoms with van der Waals surface area (Å²) in [4.78, 5) is 0. The van der Waals surface area contributed by atoms with Gasteiger partial charge >= 0.3 is 0 Å². The monoisotopic (exact) mass is 216 g/mol. The van der Waals surface area contributed by atoms with E-state index in [0.29, 0.717) is 0 Å². The molecule has 86 valence electrons. The lowest BCUT2D eigenvalue weighted by atomic mass is 10.2. The van der Waals surface area contributed by atoms with Gasteiger partial charge in [0.05, 0.1) is 0 Å². The minimum absolute atomic E-state index is 0.894. The Morgan fingerprint density at radius 2 is 1.81 bits per heavy atom. The number of hydrogen-bond donors (Lipinski definition) is 0. The molecule has 0 fully saturated rings. The average molecular weight is 216 g/mol. The molecule has 0 aromatic heterocycles. The number of ether oxygens (including phenoxy) is 1. The summed E-state index contributed by atoms with van der Waals surface area (Å²) in [5.74, 6) is 1.82.